The van der Waals surface area contributed by atoms with Crippen LogP contribution in [0, 0.1) is 0 Å². The molecule has 0 unspecified atom stereocenters. The van der Waals surface area contributed by atoms with Gasteiger partial charge in [0.1, 0.15) is 5.78 Å². The van der Waals surface area contributed by atoms with Crippen LogP contribution in [-0.2, 0) is 11.2 Å². The Bertz CT molecular complexity index is 402. The van der Waals surface area contributed by atoms with Crippen molar-refractivity contribution in [1.82, 2.24) is 0 Å². The van der Waals surface area contributed by atoms with Crippen molar-refractivity contribution in [3.05, 3.63) is 34.3 Å². The number of amides is 1. The van der Waals surface area contributed by atoms with Gasteiger partial charge in [-0.15, -0.1) is 0 Å². The van der Waals surface area contributed by atoms with E-state index in [-0.39, 0.29) is 5.78 Å². The Hall–Kier alpha value is -1.35. The van der Waals surface area contributed by atoms with Crippen LogP contribution in [0.3, 0.4) is 0 Å². The quantitative estimate of drug-likeness (QED) is 0.852. The topological polar surface area (TPSA) is 60.2 Å². The zero-order valence-corrected chi connectivity index (χ0v) is 9.17. The zero-order valence-electron chi connectivity index (χ0n) is 8.42. The molecule has 0 saturated carbocycles. The summed E-state index contributed by atoms with van der Waals surface area (Å²) < 4.78 is 0. The number of carbonyl (C=O) groups is 2. The van der Waals surface area contributed by atoms with Crippen molar-refractivity contribution in [2.45, 2.75) is 19.8 Å². The predicted molar refractivity (Wildman–Crippen MR) is 59.0 cm³/mol. The average Bonchev–Trinajstić information content (AvgIpc) is 2.16. The first-order chi connectivity index (χ1) is 7.00. The number of Topliss-reactive ketones (excluding diaryl/α,β-unsaturated/α-hetero) is 1. The van der Waals surface area contributed by atoms with Gasteiger partial charge in [-0.05, 0) is 37.1 Å². The molecule has 80 valence electrons. The molecule has 1 aromatic carbocycles. The molecule has 0 aliphatic carbocycles. The molecule has 0 radical (unpaired) electrons. The van der Waals surface area contributed by atoms with Crippen LogP contribution in [0.5, 0.6) is 0 Å². The number of primary amides is 1. The lowest BCUT2D eigenvalue weighted by molar-refractivity contribution is -0.116. The largest absolute Gasteiger partial charge is 0.366 e. The molecule has 1 amide bonds. The van der Waals surface area contributed by atoms with Crippen LogP contribution >= 0.6 is 11.6 Å². The maximum absolute atomic E-state index is 10.9. The third-order valence-corrected chi connectivity index (χ3v) is 2.45. The summed E-state index contributed by atoms with van der Waals surface area (Å²) in [6, 6.07) is 4.83. The van der Waals surface area contributed by atoms with Gasteiger partial charge in [-0.25, -0.2) is 0 Å². The standard InChI is InChI=1S/C11H12ClNO2/c1-7(14)2-3-8-6-9(11(13)15)4-5-10(8)12/h4-6H,2-3H2,1H3,(H2,13,15). The molecule has 4 heteroatoms. The molecule has 0 heterocycles. The van der Waals surface area contributed by atoms with Crippen molar-refractivity contribution in [3.63, 3.8) is 0 Å². The molecule has 15 heavy (non-hydrogen) atoms. The summed E-state index contributed by atoms with van der Waals surface area (Å²) in [6.45, 7) is 1.52. The van der Waals surface area contributed by atoms with Crippen LogP contribution < -0.4 is 5.73 Å². The van der Waals surface area contributed by atoms with Gasteiger partial charge in [0.25, 0.3) is 0 Å². The van der Waals surface area contributed by atoms with Crippen LogP contribution in [0.15, 0.2) is 18.2 Å². The first-order valence-electron chi connectivity index (χ1n) is 4.58. The number of hydrogen-bond acceptors (Lipinski definition) is 2. The van der Waals surface area contributed by atoms with Crippen LogP contribution in [0.1, 0.15) is 29.3 Å². The van der Waals surface area contributed by atoms with Crippen LogP contribution in [0.2, 0.25) is 5.02 Å². The minimum Gasteiger partial charge on any atom is -0.366 e. The molecule has 0 fully saturated rings. The molecule has 0 saturated heterocycles. The fourth-order valence-corrected chi connectivity index (χ4v) is 1.44. The number of benzene rings is 1. The average molecular weight is 226 g/mol. The van der Waals surface area contributed by atoms with E-state index >= 15 is 0 Å². The maximum Gasteiger partial charge on any atom is 0.248 e. The second-order valence-electron chi connectivity index (χ2n) is 3.37. The second-order valence-corrected chi connectivity index (χ2v) is 3.78. The third-order valence-electron chi connectivity index (χ3n) is 2.08. The van der Waals surface area contributed by atoms with E-state index < -0.39 is 5.91 Å². The minimum atomic E-state index is -0.490. The van der Waals surface area contributed by atoms with Crippen molar-refractivity contribution < 1.29 is 9.59 Å². The lowest BCUT2D eigenvalue weighted by atomic mass is 10.0. The number of nitrogens with two attached hydrogens (primary N) is 1. The molecule has 1 rings (SSSR count). The molecule has 0 spiro atoms. The van der Waals surface area contributed by atoms with E-state index in [1.165, 1.54) is 6.92 Å². The van der Waals surface area contributed by atoms with E-state index in [4.69, 9.17) is 17.3 Å². The molecular formula is C11H12ClNO2. The number of halogens is 1. The Kier molecular flexibility index (Phi) is 3.86. The summed E-state index contributed by atoms with van der Waals surface area (Å²) in [5, 5.41) is 0.557. The van der Waals surface area contributed by atoms with E-state index in [0.29, 0.717) is 23.4 Å². The highest BCUT2D eigenvalue weighted by molar-refractivity contribution is 6.31. The molecule has 2 N–H and O–H groups in total. The first kappa shape index (κ1) is 11.7. The number of rotatable bonds is 4. The Morgan fingerprint density at radius 1 is 1.40 bits per heavy atom. The predicted octanol–water partition coefficient (Wildman–Crippen LogP) is 1.96. The normalized spacial score (nSPS) is 10.0. The Morgan fingerprint density at radius 2 is 2.07 bits per heavy atom. The van der Waals surface area contributed by atoms with Gasteiger partial charge in [-0.2, -0.15) is 0 Å². The van der Waals surface area contributed by atoms with Gasteiger partial charge < -0.3 is 10.5 Å². The van der Waals surface area contributed by atoms with Crippen molar-refractivity contribution in [2.24, 2.45) is 5.73 Å². The van der Waals surface area contributed by atoms with Crippen LogP contribution in [0.4, 0.5) is 0 Å². The molecule has 1 aromatic rings. The van der Waals surface area contributed by atoms with Gasteiger partial charge >= 0.3 is 0 Å². The smallest absolute Gasteiger partial charge is 0.248 e. The summed E-state index contributed by atoms with van der Waals surface area (Å²) in [5.41, 5.74) is 6.34. The van der Waals surface area contributed by atoms with E-state index in [9.17, 15) is 9.59 Å². The number of carbonyl (C=O) groups excluding carboxylic acids is 2. The summed E-state index contributed by atoms with van der Waals surface area (Å²) in [5.74, 6) is -0.397. The van der Waals surface area contributed by atoms with Gasteiger partial charge in [0.2, 0.25) is 5.91 Å². The molecule has 0 atom stereocenters. The summed E-state index contributed by atoms with van der Waals surface area (Å²) in [6.07, 6.45) is 0.956. The van der Waals surface area contributed by atoms with Crippen LogP contribution in [0.25, 0.3) is 0 Å². The molecule has 0 bridgehead atoms. The fourth-order valence-electron chi connectivity index (χ4n) is 1.23. The number of ketones is 1. The van der Waals surface area contributed by atoms with E-state index in [0.717, 1.165) is 5.56 Å². The highest BCUT2D eigenvalue weighted by atomic mass is 35.5. The second kappa shape index (κ2) is 4.94. The maximum atomic E-state index is 10.9. The molecular weight excluding hydrogens is 214 g/mol. The van der Waals surface area contributed by atoms with E-state index in [1.54, 1.807) is 18.2 Å². The van der Waals surface area contributed by atoms with Gasteiger partial charge in [-0.3, -0.25) is 4.79 Å². The summed E-state index contributed by atoms with van der Waals surface area (Å²) in [7, 11) is 0. The molecule has 3 nitrogen and oxygen atoms in total. The lowest BCUT2D eigenvalue weighted by Crippen LogP contribution is -2.11. The van der Waals surface area contributed by atoms with E-state index in [2.05, 4.69) is 0 Å². The number of hydrogen-bond donors (Lipinski definition) is 1. The van der Waals surface area contributed by atoms with Crippen molar-refractivity contribution >= 4 is 23.3 Å². The number of aryl methyl sites for hydroxylation is 1. The van der Waals surface area contributed by atoms with E-state index in [1.807, 2.05) is 0 Å². The van der Waals surface area contributed by atoms with Crippen molar-refractivity contribution in [3.8, 4) is 0 Å². The SMILES string of the molecule is CC(=O)CCc1cc(C(N)=O)ccc1Cl. The Balaban J connectivity index is 2.90. The van der Waals surface area contributed by atoms with Gasteiger partial charge in [0.15, 0.2) is 0 Å². The minimum absolute atomic E-state index is 0.0931. The highest BCUT2D eigenvalue weighted by Gasteiger charge is 2.06. The lowest BCUT2D eigenvalue weighted by Gasteiger charge is -2.04. The van der Waals surface area contributed by atoms with Crippen molar-refractivity contribution in [1.29, 1.82) is 0 Å². The van der Waals surface area contributed by atoms with Crippen LogP contribution in [-0.4, -0.2) is 11.7 Å². The fraction of sp³-hybridized carbons (Fsp3) is 0.273. The monoisotopic (exact) mass is 225 g/mol. The molecule has 0 aromatic heterocycles. The van der Waals surface area contributed by atoms with Gasteiger partial charge in [0.05, 0.1) is 0 Å². The van der Waals surface area contributed by atoms with Crippen molar-refractivity contribution in [2.75, 3.05) is 0 Å². The summed E-state index contributed by atoms with van der Waals surface area (Å²) >= 11 is 5.92. The zero-order chi connectivity index (χ0) is 11.4. The Morgan fingerprint density at radius 3 is 2.60 bits per heavy atom. The molecule has 0 aliphatic rings. The first-order valence-corrected chi connectivity index (χ1v) is 4.96. The van der Waals surface area contributed by atoms with Gasteiger partial charge in [0, 0.05) is 17.0 Å². The molecule has 0 aliphatic heterocycles. The van der Waals surface area contributed by atoms with Gasteiger partial charge in [-0.1, -0.05) is 11.6 Å². The Labute approximate surface area is 93.2 Å². The third kappa shape index (κ3) is 3.36. The highest BCUT2D eigenvalue weighted by Crippen LogP contribution is 2.19. The summed E-state index contributed by atoms with van der Waals surface area (Å²) in [4.78, 5) is 21.7.